The maximum atomic E-state index is 3.41. The number of benzene rings is 5. The van der Waals surface area contributed by atoms with Gasteiger partial charge in [0.15, 0.2) is 0 Å². The van der Waals surface area contributed by atoms with Crippen LogP contribution in [0.4, 0.5) is 0 Å². The molecule has 0 heterocycles. The number of hydrogen-bond acceptors (Lipinski definition) is 0. The lowest BCUT2D eigenvalue weighted by Crippen LogP contribution is -1.87. The smallest absolute Gasteiger partial charge is 0.0255 e. The summed E-state index contributed by atoms with van der Waals surface area (Å²) in [6, 6.07) is 29.4. The summed E-state index contributed by atoms with van der Waals surface area (Å²) in [4.78, 5) is 0. The van der Waals surface area contributed by atoms with Gasteiger partial charge in [-0.05, 0) is 105 Å². The van der Waals surface area contributed by atoms with Crippen molar-refractivity contribution in [1.29, 1.82) is 0 Å². The van der Waals surface area contributed by atoms with Crippen LogP contribution in [-0.2, 0) is 12.8 Å². The van der Waals surface area contributed by atoms with E-state index in [-0.39, 0.29) is 0 Å². The summed E-state index contributed by atoms with van der Waals surface area (Å²) >= 11 is 0. The van der Waals surface area contributed by atoms with Crippen LogP contribution in [0.5, 0.6) is 0 Å². The SMILES string of the molecule is CCCCCCCCCCCCc1ccc(C#Cc2ccc3cc4c(ccc5c6c(ccc54)CC=C6)cc3c2)cc1. The van der Waals surface area contributed by atoms with Crippen molar-refractivity contribution in [3.05, 3.63) is 113 Å². The van der Waals surface area contributed by atoms with Crippen molar-refractivity contribution in [1.82, 2.24) is 0 Å². The minimum Gasteiger partial charge on any atom is -0.0795 e. The molecule has 1 aliphatic carbocycles. The first-order chi connectivity index (χ1) is 20.3. The van der Waals surface area contributed by atoms with Gasteiger partial charge < -0.3 is 0 Å². The molecule has 0 radical (unpaired) electrons. The molecule has 0 atom stereocenters. The van der Waals surface area contributed by atoms with Crippen molar-refractivity contribution in [3.63, 3.8) is 0 Å². The van der Waals surface area contributed by atoms with E-state index >= 15 is 0 Å². The zero-order valence-corrected chi connectivity index (χ0v) is 24.6. The quantitative estimate of drug-likeness (QED) is 0.0684. The Labute approximate surface area is 246 Å². The predicted molar refractivity (Wildman–Crippen MR) is 180 cm³/mol. The molecular formula is C41H42. The maximum Gasteiger partial charge on any atom is 0.0255 e. The lowest BCUT2D eigenvalue weighted by Gasteiger charge is -2.10. The number of aryl methyl sites for hydroxylation is 1. The summed E-state index contributed by atoms with van der Waals surface area (Å²) in [6.45, 7) is 2.29. The summed E-state index contributed by atoms with van der Waals surface area (Å²) < 4.78 is 0. The first-order valence-electron chi connectivity index (χ1n) is 16.0. The van der Waals surface area contributed by atoms with Gasteiger partial charge in [0.1, 0.15) is 0 Å². The van der Waals surface area contributed by atoms with Crippen LogP contribution in [0.2, 0.25) is 0 Å². The fraction of sp³-hybridized carbons (Fsp3) is 0.317. The minimum absolute atomic E-state index is 1.05. The Balaban J connectivity index is 1.06. The van der Waals surface area contributed by atoms with Crippen molar-refractivity contribution >= 4 is 38.4 Å². The van der Waals surface area contributed by atoms with Crippen LogP contribution < -0.4 is 0 Å². The molecule has 0 saturated heterocycles. The van der Waals surface area contributed by atoms with E-state index in [2.05, 4.69) is 110 Å². The molecular weight excluding hydrogens is 492 g/mol. The topological polar surface area (TPSA) is 0 Å². The largest absolute Gasteiger partial charge is 0.0795 e. The first-order valence-corrected chi connectivity index (χ1v) is 16.0. The van der Waals surface area contributed by atoms with E-state index in [0.29, 0.717) is 0 Å². The zero-order chi connectivity index (χ0) is 27.9. The van der Waals surface area contributed by atoms with E-state index in [4.69, 9.17) is 0 Å². The molecule has 0 unspecified atom stereocenters. The fourth-order valence-electron chi connectivity index (χ4n) is 6.43. The molecule has 206 valence electrons. The molecule has 41 heavy (non-hydrogen) atoms. The summed E-state index contributed by atoms with van der Waals surface area (Å²) in [6.07, 6.45) is 20.7. The highest BCUT2D eigenvalue weighted by Gasteiger charge is 2.11. The van der Waals surface area contributed by atoms with Gasteiger partial charge in [-0.15, -0.1) is 0 Å². The first kappa shape index (κ1) is 27.4. The standard InChI is InChI=1S/C41H42/c1-2-3-4-5-6-7-8-9-10-11-13-31-16-18-32(19-17-31)20-21-33-22-23-35-30-41-36(29-37(35)28-33)25-27-39-38-15-12-14-34(38)24-26-40(39)41/h12,15-19,22-30H,2-11,13-14H2,1H3. The highest BCUT2D eigenvalue weighted by molar-refractivity contribution is 6.14. The summed E-state index contributed by atoms with van der Waals surface area (Å²) in [7, 11) is 0. The van der Waals surface area contributed by atoms with Crippen LogP contribution in [0.25, 0.3) is 38.4 Å². The van der Waals surface area contributed by atoms with Gasteiger partial charge in [-0.1, -0.05) is 131 Å². The minimum atomic E-state index is 1.05. The van der Waals surface area contributed by atoms with Crippen LogP contribution in [0.3, 0.4) is 0 Å². The van der Waals surface area contributed by atoms with Crippen LogP contribution >= 0.6 is 0 Å². The molecule has 0 nitrogen and oxygen atoms in total. The van der Waals surface area contributed by atoms with Crippen LogP contribution in [0, 0.1) is 11.8 Å². The number of rotatable bonds is 11. The van der Waals surface area contributed by atoms with Crippen LogP contribution in [-0.4, -0.2) is 0 Å². The lowest BCUT2D eigenvalue weighted by molar-refractivity contribution is 0.556. The van der Waals surface area contributed by atoms with Gasteiger partial charge in [-0.25, -0.2) is 0 Å². The van der Waals surface area contributed by atoms with Crippen molar-refractivity contribution in [2.45, 2.75) is 84.0 Å². The summed E-state index contributed by atoms with van der Waals surface area (Å²) in [5.41, 5.74) is 6.41. The van der Waals surface area contributed by atoms with E-state index in [0.717, 1.165) is 17.5 Å². The second-order valence-corrected chi connectivity index (χ2v) is 11.9. The Bertz CT molecular complexity index is 1740. The Morgan fingerprint density at radius 3 is 2.02 bits per heavy atom. The van der Waals surface area contributed by atoms with Gasteiger partial charge in [0.25, 0.3) is 0 Å². The number of allylic oxidation sites excluding steroid dienone is 1. The van der Waals surface area contributed by atoms with Crippen molar-refractivity contribution in [2.24, 2.45) is 0 Å². The van der Waals surface area contributed by atoms with Gasteiger partial charge in [-0.2, -0.15) is 0 Å². The molecule has 0 spiro atoms. The summed E-state index contributed by atoms with van der Waals surface area (Å²) in [5, 5.41) is 7.83. The molecule has 1 aliphatic rings. The summed E-state index contributed by atoms with van der Waals surface area (Å²) in [5.74, 6) is 6.80. The second-order valence-electron chi connectivity index (χ2n) is 11.9. The van der Waals surface area contributed by atoms with Gasteiger partial charge in [0.2, 0.25) is 0 Å². The Kier molecular flexibility index (Phi) is 8.83. The van der Waals surface area contributed by atoms with Crippen molar-refractivity contribution in [2.75, 3.05) is 0 Å². The molecule has 5 aromatic carbocycles. The fourth-order valence-corrected chi connectivity index (χ4v) is 6.43. The van der Waals surface area contributed by atoms with E-state index in [1.165, 1.54) is 120 Å². The molecule has 0 N–H and O–H groups in total. The molecule has 0 aliphatic heterocycles. The number of unbranched alkanes of at least 4 members (excludes halogenated alkanes) is 9. The highest BCUT2D eigenvalue weighted by Crippen LogP contribution is 2.35. The Hall–Kier alpha value is -3.82. The number of fused-ring (bicyclic) bond motifs is 6. The Morgan fingerprint density at radius 1 is 0.537 bits per heavy atom. The van der Waals surface area contributed by atoms with E-state index < -0.39 is 0 Å². The normalized spacial score (nSPS) is 12.2. The van der Waals surface area contributed by atoms with E-state index in [9.17, 15) is 0 Å². The van der Waals surface area contributed by atoms with E-state index in [1.54, 1.807) is 0 Å². The molecule has 5 aromatic rings. The highest BCUT2D eigenvalue weighted by atomic mass is 14.2. The van der Waals surface area contributed by atoms with Gasteiger partial charge in [-0.3, -0.25) is 0 Å². The molecule has 0 bridgehead atoms. The molecule has 0 heteroatoms. The zero-order valence-electron chi connectivity index (χ0n) is 24.6. The second kappa shape index (κ2) is 13.2. The Morgan fingerprint density at radius 2 is 1.22 bits per heavy atom. The third-order valence-electron chi connectivity index (χ3n) is 8.85. The van der Waals surface area contributed by atoms with E-state index in [1.807, 2.05) is 0 Å². The molecule has 0 aromatic heterocycles. The molecule has 0 fully saturated rings. The molecule has 6 rings (SSSR count). The maximum absolute atomic E-state index is 3.41. The predicted octanol–water partition coefficient (Wildman–Crippen LogP) is 11.6. The average molecular weight is 535 g/mol. The monoisotopic (exact) mass is 534 g/mol. The molecule has 0 amide bonds. The average Bonchev–Trinajstić information content (AvgIpc) is 3.50. The molecule has 0 saturated carbocycles. The van der Waals surface area contributed by atoms with Gasteiger partial charge in [0.05, 0.1) is 0 Å². The number of hydrogen-bond donors (Lipinski definition) is 0. The van der Waals surface area contributed by atoms with Gasteiger partial charge >= 0.3 is 0 Å². The van der Waals surface area contributed by atoms with Crippen LogP contribution in [0.15, 0.2) is 84.9 Å². The van der Waals surface area contributed by atoms with Gasteiger partial charge in [0, 0.05) is 11.1 Å². The lowest BCUT2D eigenvalue weighted by atomic mass is 9.94. The third kappa shape index (κ3) is 6.57. The van der Waals surface area contributed by atoms with Crippen molar-refractivity contribution < 1.29 is 0 Å². The third-order valence-corrected chi connectivity index (χ3v) is 8.85. The van der Waals surface area contributed by atoms with Crippen LogP contribution in [0.1, 0.15) is 98.9 Å². The van der Waals surface area contributed by atoms with Crippen molar-refractivity contribution in [3.8, 4) is 11.8 Å².